The molecule has 0 aromatic rings. The van der Waals surface area contributed by atoms with Crippen LogP contribution < -0.4 is 4.72 Å². The molecule has 18 heavy (non-hydrogen) atoms. The Morgan fingerprint density at radius 1 is 1.22 bits per heavy atom. The summed E-state index contributed by atoms with van der Waals surface area (Å²) >= 11 is 0. The zero-order chi connectivity index (χ0) is 13.4. The largest absolute Gasteiger partial charge is 0.389 e. The molecule has 2 N–H and O–H groups in total. The maximum absolute atomic E-state index is 12.0. The molecule has 0 atom stereocenters. The lowest BCUT2D eigenvalue weighted by molar-refractivity contribution is 0.0262. The second-order valence-electron chi connectivity index (χ2n) is 5.88. The van der Waals surface area contributed by atoms with Crippen LogP contribution in [0.1, 0.15) is 26.7 Å². The number of hydrogen-bond donors (Lipinski definition) is 2. The molecule has 6 nitrogen and oxygen atoms in total. The number of rotatable bonds is 5. The highest BCUT2D eigenvalue weighted by Gasteiger charge is 2.33. The Balaban J connectivity index is 1.82. The van der Waals surface area contributed by atoms with Crippen molar-refractivity contribution in [1.82, 2.24) is 13.9 Å². The molecule has 0 unspecified atom stereocenters. The third kappa shape index (κ3) is 4.17. The van der Waals surface area contributed by atoms with E-state index in [4.69, 9.17) is 0 Å². The van der Waals surface area contributed by atoms with Crippen molar-refractivity contribution < 1.29 is 13.5 Å². The third-order valence-corrected chi connectivity index (χ3v) is 4.85. The van der Waals surface area contributed by atoms with Crippen LogP contribution in [0.4, 0.5) is 0 Å². The molecule has 0 aromatic heterocycles. The lowest BCUT2D eigenvalue weighted by Gasteiger charge is -2.36. The summed E-state index contributed by atoms with van der Waals surface area (Å²) in [5, 5.41) is 9.74. The van der Waals surface area contributed by atoms with Gasteiger partial charge in [0.05, 0.1) is 5.60 Å². The maximum atomic E-state index is 12.0. The van der Waals surface area contributed by atoms with E-state index in [1.54, 1.807) is 13.8 Å². The van der Waals surface area contributed by atoms with E-state index in [2.05, 4.69) is 9.62 Å². The van der Waals surface area contributed by atoms with E-state index in [0.29, 0.717) is 32.7 Å². The van der Waals surface area contributed by atoms with Gasteiger partial charge in [0, 0.05) is 38.8 Å². The Bertz CT molecular complexity index is 379. The van der Waals surface area contributed by atoms with Crippen LogP contribution in [0.25, 0.3) is 0 Å². The standard InChI is InChI=1S/C11H23N3O3S/c1-11(2,15)9-13-5-7-14(8-6-13)18(16,17)12-10-3-4-10/h10,12,15H,3-9H2,1-2H3. The first-order valence-corrected chi connectivity index (χ1v) is 7.92. The van der Waals surface area contributed by atoms with Crippen LogP contribution in [-0.2, 0) is 10.2 Å². The number of nitrogens with one attached hydrogen (secondary N) is 1. The lowest BCUT2D eigenvalue weighted by atomic mass is 10.1. The van der Waals surface area contributed by atoms with Crippen LogP contribution in [0.2, 0.25) is 0 Å². The number of aliphatic hydroxyl groups is 1. The minimum atomic E-state index is -3.29. The zero-order valence-electron chi connectivity index (χ0n) is 11.1. The Labute approximate surface area is 109 Å². The monoisotopic (exact) mass is 277 g/mol. The van der Waals surface area contributed by atoms with Crippen LogP contribution in [-0.4, -0.2) is 67.1 Å². The fraction of sp³-hybridized carbons (Fsp3) is 1.00. The molecule has 0 aromatic carbocycles. The van der Waals surface area contributed by atoms with Crippen molar-refractivity contribution in [3.63, 3.8) is 0 Å². The summed E-state index contributed by atoms with van der Waals surface area (Å²) in [4.78, 5) is 2.10. The molecule has 0 amide bonds. The van der Waals surface area contributed by atoms with Crippen LogP contribution in [0.5, 0.6) is 0 Å². The van der Waals surface area contributed by atoms with Gasteiger partial charge in [-0.1, -0.05) is 0 Å². The van der Waals surface area contributed by atoms with Gasteiger partial charge in [-0.2, -0.15) is 17.4 Å². The summed E-state index contributed by atoms with van der Waals surface area (Å²) in [7, 11) is -3.29. The van der Waals surface area contributed by atoms with Gasteiger partial charge in [-0.3, -0.25) is 4.90 Å². The van der Waals surface area contributed by atoms with E-state index < -0.39 is 15.8 Å². The Morgan fingerprint density at radius 2 is 1.78 bits per heavy atom. The molecule has 2 fully saturated rings. The number of hydrogen-bond acceptors (Lipinski definition) is 4. The summed E-state index contributed by atoms with van der Waals surface area (Å²) in [5.74, 6) is 0. The van der Waals surface area contributed by atoms with Gasteiger partial charge in [0.25, 0.3) is 10.2 Å². The first-order chi connectivity index (χ1) is 8.26. The SMILES string of the molecule is CC(C)(O)CN1CCN(S(=O)(=O)NC2CC2)CC1. The van der Waals surface area contributed by atoms with Gasteiger partial charge in [0.2, 0.25) is 0 Å². The van der Waals surface area contributed by atoms with Crippen LogP contribution in [0, 0.1) is 0 Å². The van der Waals surface area contributed by atoms with E-state index in [1.165, 1.54) is 4.31 Å². The highest BCUT2D eigenvalue weighted by atomic mass is 32.2. The lowest BCUT2D eigenvalue weighted by Crippen LogP contribution is -2.54. The molecule has 2 aliphatic rings. The van der Waals surface area contributed by atoms with Crippen molar-refractivity contribution >= 4 is 10.2 Å². The first kappa shape index (κ1) is 14.2. The number of β-amino-alcohol motifs (C(OH)–C–C–N with tert-alkyl or cyclic N) is 1. The highest BCUT2D eigenvalue weighted by molar-refractivity contribution is 7.87. The summed E-state index contributed by atoms with van der Waals surface area (Å²) in [6.07, 6.45) is 1.91. The Hall–Kier alpha value is -0.210. The minimum absolute atomic E-state index is 0.157. The molecule has 1 saturated heterocycles. The first-order valence-electron chi connectivity index (χ1n) is 6.48. The van der Waals surface area contributed by atoms with E-state index >= 15 is 0 Å². The van der Waals surface area contributed by atoms with Gasteiger partial charge in [-0.05, 0) is 26.7 Å². The topological polar surface area (TPSA) is 72.9 Å². The Morgan fingerprint density at radius 3 is 2.22 bits per heavy atom. The quantitative estimate of drug-likeness (QED) is 0.702. The molecule has 7 heteroatoms. The van der Waals surface area contributed by atoms with Gasteiger partial charge in [0.1, 0.15) is 0 Å². The predicted octanol–water partition coefficient (Wildman–Crippen LogP) is -0.628. The molecule has 0 bridgehead atoms. The predicted molar refractivity (Wildman–Crippen MR) is 69.4 cm³/mol. The van der Waals surface area contributed by atoms with Crippen molar-refractivity contribution in [2.45, 2.75) is 38.3 Å². The summed E-state index contributed by atoms with van der Waals surface area (Å²) in [6, 6.07) is 0.157. The Kier molecular flexibility index (Phi) is 3.99. The fourth-order valence-electron chi connectivity index (χ4n) is 2.16. The molecule has 0 spiro atoms. The van der Waals surface area contributed by atoms with Crippen molar-refractivity contribution in [1.29, 1.82) is 0 Å². The molecule has 1 saturated carbocycles. The smallest absolute Gasteiger partial charge is 0.279 e. The van der Waals surface area contributed by atoms with Crippen molar-refractivity contribution in [2.75, 3.05) is 32.7 Å². The number of nitrogens with zero attached hydrogens (tertiary/aromatic N) is 2. The summed E-state index contributed by atoms with van der Waals surface area (Å²) < 4.78 is 28.1. The van der Waals surface area contributed by atoms with Crippen LogP contribution in [0.3, 0.4) is 0 Å². The number of piperazine rings is 1. The van der Waals surface area contributed by atoms with E-state index in [-0.39, 0.29) is 6.04 Å². The molecule has 1 aliphatic heterocycles. The maximum Gasteiger partial charge on any atom is 0.279 e. The third-order valence-electron chi connectivity index (χ3n) is 3.17. The van der Waals surface area contributed by atoms with Gasteiger partial charge in [-0.15, -0.1) is 0 Å². The van der Waals surface area contributed by atoms with Crippen molar-refractivity contribution in [3.8, 4) is 0 Å². The van der Waals surface area contributed by atoms with Gasteiger partial charge >= 0.3 is 0 Å². The molecular weight excluding hydrogens is 254 g/mol. The van der Waals surface area contributed by atoms with Gasteiger partial charge < -0.3 is 5.11 Å². The average molecular weight is 277 g/mol. The van der Waals surface area contributed by atoms with Gasteiger partial charge in [0.15, 0.2) is 0 Å². The molecule has 1 aliphatic carbocycles. The fourth-order valence-corrected chi connectivity index (χ4v) is 3.61. The molecule has 106 valence electrons. The molecule has 0 radical (unpaired) electrons. The van der Waals surface area contributed by atoms with Crippen LogP contribution in [0.15, 0.2) is 0 Å². The molecule has 2 rings (SSSR count). The highest BCUT2D eigenvalue weighted by Crippen LogP contribution is 2.21. The second-order valence-corrected chi connectivity index (χ2v) is 7.59. The average Bonchev–Trinajstić information content (AvgIpc) is 2.99. The normalized spacial score (nSPS) is 24.4. The van der Waals surface area contributed by atoms with Crippen LogP contribution >= 0.6 is 0 Å². The van der Waals surface area contributed by atoms with E-state index in [1.807, 2.05) is 0 Å². The zero-order valence-corrected chi connectivity index (χ0v) is 11.9. The van der Waals surface area contributed by atoms with Gasteiger partial charge in [-0.25, -0.2) is 0 Å². The summed E-state index contributed by atoms with van der Waals surface area (Å²) in [5.41, 5.74) is -0.729. The molecular formula is C11H23N3O3S. The molecule has 1 heterocycles. The van der Waals surface area contributed by atoms with Crippen molar-refractivity contribution in [3.05, 3.63) is 0 Å². The van der Waals surface area contributed by atoms with E-state index in [0.717, 1.165) is 12.8 Å². The summed E-state index contributed by atoms with van der Waals surface area (Å²) in [6.45, 7) is 6.47. The second kappa shape index (κ2) is 5.05. The van der Waals surface area contributed by atoms with E-state index in [9.17, 15) is 13.5 Å². The minimum Gasteiger partial charge on any atom is -0.389 e. The van der Waals surface area contributed by atoms with Crippen molar-refractivity contribution in [2.24, 2.45) is 0 Å².